The van der Waals surface area contributed by atoms with Crippen molar-refractivity contribution in [2.75, 3.05) is 0 Å². The molecular formula is C8H13O2. The quantitative estimate of drug-likeness (QED) is 0.548. The van der Waals surface area contributed by atoms with Gasteiger partial charge in [-0.25, -0.2) is 4.79 Å². The van der Waals surface area contributed by atoms with E-state index in [1.165, 1.54) is 6.47 Å². The monoisotopic (exact) mass is 141 g/mol. The highest BCUT2D eigenvalue weighted by atomic mass is 16.5. The molecule has 57 valence electrons. The van der Waals surface area contributed by atoms with E-state index in [0.29, 0.717) is 0 Å². The minimum absolute atomic E-state index is 0.719. The molecule has 0 heterocycles. The van der Waals surface area contributed by atoms with Gasteiger partial charge in [-0.3, -0.25) is 0 Å². The summed E-state index contributed by atoms with van der Waals surface area (Å²) in [6, 6.07) is 0. The van der Waals surface area contributed by atoms with Crippen LogP contribution < -0.4 is 0 Å². The molecule has 0 spiro atoms. The van der Waals surface area contributed by atoms with Crippen molar-refractivity contribution >= 4 is 6.47 Å². The van der Waals surface area contributed by atoms with Crippen molar-refractivity contribution in [3.05, 3.63) is 11.8 Å². The maximum Gasteiger partial charge on any atom is 0.422 e. The van der Waals surface area contributed by atoms with E-state index in [-0.39, 0.29) is 0 Å². The predicted molar refractivity (Wildman–Crippen MR) is 40.1 cm³/mol. The molecule has 0 aliphatic carbocycles. The first kappa shape index (κ1) is 9.21. The van der Waals surface area contributed by atoms with E-state index in [4.69, 9.17) is 0 Å². The van der Waals surface area contributed by atoms with Gasteiger partial charge in [0.1, 0.15) is 5.76 Å². The SMILES string of the molecule is CCCC=C(CC)O[C]=O. The van der Waals surface area contributed by atoms with Gasteiger partial charge in [0.05, 0.1) is 0 Å². The van der Waals surface area contributed by atoms with E-state index < -0.39 is 0 Å². The largest absolute Gasteiger partial charge is 0.423 e. The first-order valence-corrected chi connectivity index (χ1v) is 3.58. The van der Waals surface area contributed by atoms with Crippen LogP contribution in [0.25, 0.3) is 0 Å². The highest BCUT2D eigenvalue weighted by Gasteiger charge is 1.91. The second kappa shape index (κ2) is 6.33. The van der Waals surface area contributed by atoms with Gasteiger partial charge < -0.3 is 4.74 Å². The van der Waals surface area contributed by atoms with Gasteiger partial charge in [0.2, 0.25) is 0 Å². The first-order chi connectivity index (χ1) is 4.85. The summed E-state index contributed by atoms with van der Waals surface area (Å²) in [5.41, 5.74) is 0. The average Bonchev–Trinajstić information content (AvgIpc) is 1.98. The van der Waals surface area contributed by atoms with Crippen LogP contribution in [-0.2, 0) is 9.53 Å². The fraction of sp³-hybridized carbons (Fsp3) is 0.625. The first-order valence-electron chi connectivity index (χ1n) is 3.58. The Bertz CT molecular complexity index is 116. The lowest BCUT2D eigenvalue weighted by molar-refractivity contribution is 0.350. The predicted octanol–water partition coefficient (Wildman–Crippen LogP) is 2.16. The molecule has 0 aliphatic rings. The molecule has 0 atom stereocenters. The van der Waals surface area contributed by atoms with Crippen LogP contribution in [0.15, 0.2) is 11.8 Å². The lowest BCUT2D eigenvalue weighted by Gasteiger charge is -1.97. The molecule has 0 aromatic carbocycles. The minimum atomic E-state index is 0.719. The van der Waals surface area contributed by atoms with Gasteiger partial charge in [-0.15, -0.1) is 0 Å². The summed E-state index contributed by atoms with van der Waals surface area (Å²) in [6.45, 7) is 5.43. The number of hydrogen-bond acceptors (Lipinski definition) is 2. The van der Waals surface area contributed by atoms with Crippen molar-refractivity contribution in [1.82, 2.24) is 0 Å². The molecule has 0 bridgehead atoms. The molecule has 10 heavy (non-hydrogen) atoms. The zero-order valence-corrected chi connectivity index (χ0v) is 6.52. The van der Waals surface area contributed by atoms with E-state index in [9.17, 15) is 4.79 Å². The second-order valence-electron chi connectivity index (χ2n) is 2.00. The number of allylic oxidation sites excluding steroid dienone is 2. The maximum atomic E-state index is 9.75. The molecule has 1 radical (unpaired) electrons. The molecule has 0 N–H and O–H groups in total. The van der Waals surface area contributed by atoms with E-state index in [1.54, 1.807) is 0 Å². The van der Waals surface area contributed by atoms with Crippen molar-refractivity contribution in [2.24, 2.45) is 0 Å². The summed E-state index contributed by atoms with van der Waals surface area (Å²) in [4.78, 5) is 9.75. The highest BCUT2D eigenvalue weighted by Crippen LogP contribution is 2.03. The van der Waals surface area contributed by atoms with Gasteiger partial charge in [0.15, 0.2) is 0 Å². The lowest BCUT2D eigenvalue weighted by atomic mass is 10.2. The molecule has 0 saturated carbocycles. The second-order valence-corrected chi connectivity index (χ2v) is 2.00. The molecule has 0 aliphatic heterocycles. The average molecular weight is 141 g/mol. The molecule has 0 rings (SSSR count). The summed E-state index contributed by atoms with van der Waals surface area (Å²) in [5.74, 6) is 0.719. The fourth-order valence-electron chi connectivity index (χ4n) is 0.617. The van der Waals surface area contributed by atoms with Gasteiger partial charge in [-0.2, -0.15) is 0 Å². The van der Waals surface area contributed by atoms with Crippen molar-refractivity contribution < 1.29 is 9.53 Å². The standard InChI is InChI=1S/C8H13O2/c1-3-5-6-8(4-2)10-7-9/h6H,3-5H2,1-2H3. The number of carbonyl (C=O) groups excluding carboxylic acids is 1. The van der Waals surface area contributed by atoms with Crippen LogP contribution >= 0.6 is 0 Å². The summed E-state index contributed by atoms with van der Waals surface area (Å²) < 4.78 is 4.55. The Hall–Kier alpha value is -0.790. The van der Waals surface area contributed by atoms with E-state index in [2.05, 4.69) is 11.7 Å². The molecule has 0 saturated heterocycles. The van der Waals surface area contributed by atoms with Gasteiger partial charge >= 0.3 is 6.47 Å². The molecule has 0 aromatic rings. The van der Waals surface area contributed by atoms with Crippen LogP contribution in [0.3, 0.4) is 0 Å². The smallest absolute Gasteiger partial charge is 0.422 e. The third-order valence-corrected chi connectivity index (χ3v) is 1.18. The molecule has 2 heteroatoms. The third kappa shape index (κ3) is 4.13. The Balaban J connectivity index is 3.65. The maximum absolute atomic E-state index is 9.75. The zero-order chi connectivity index (χ0) is 7.82. The fourth-order valence-corrected chi connectivity index (χ4v) is 0.617. The Kier molecular flexibility index (Phi) is 5.83. The summed E-state index contributed by atoms with van der Waals surface area (Å²) in [6.07, 6.45) is 4.72. The summed E-state index contributed by atoms with van der Waals surface area (Å²) in [7, 11) is 0. The van der Waals surface area contributed by atoms with Crippen LogP contribution in [0.4, 0.5) is 0 Å². The van der Waals surface area contributed by atoms with Crippen molar-refractivity contribution in [3.63, 3.8) is 0 Å². The lowest BCUT2D eigenvalue weighted by Crippen LogP contribution is -1.87. The van der Waals surface area contributed by atoms with Crippen LogP contribution in [0.2, 0.25) is 0 Å². The molecule has 0 unspecified atom stereocenters. The van der Waals surface area contributed by atoms with Gasteiger partial charge in [-0.1, -0.05) is 20.3 Å². The normalized spacial score (nSPS) is 11.2. The number of hydrogen-bond donors (Lipinski definition) is 0. The van der Waals surface area contributed by atoms with Crippen LogP contribution in [0.5, 0.6) is 0 Å². The Labute approximate surface area is 61.9 Å². The molecule has 0 aromatic heterocycles. The van der Waals surface area contributed by atoms with Crippen LogP contribution in [0, 0.1) is 0 Å². The van der Waals surface area contributed by atoms with Crippen molar-refractivity contribution in [3.8, 4) is 0 Å². The number of rotatable bonds is 5. The molecular weight excluding hydrogens is 128 g/mol. The van der Waals surface area contributed by atoms with E-state index in [0.717, 1.165) is 25.0 Å². The number of ether oxygens (including phenoxy) is 1. The van der Waals surface area contributed by atoms with Gasteiger partial charge in [-0.05, 0) is 12.5 Å². The molecule has 2 nitrogen and oxygen atoms in total. The molecule has 0 amide bonds. The Morgan fingerprint density at radius 3 is 2.70 bits per heavy atom. The summed E-state index contributed by atoms with van der Waals surface area (Å²) >= 11 is 0. The van der Waals surface area contributed by atoms with Crippen LogP contribution in [-0.4, -0.2) is 6.47 Å². The number of unbranched alkanes of at least 4 members (excludes halogenated alkanes) is 1. The molecule has 0 fully saturated rings. The van der Waals surface area contributed by atoms with Gasteiger partial charge in [0, 0.05) is 6.42 Å². The van der Waals surface area contributed by atoms with E-state index in [1.807, 2.05) is 13.0 Å². The Morgan fingerprint density at radius 2 is 2.30 bits per heavy atom. The van der Waals surface area contributed by atoms with E-state index >= 15 is 0 Å². The zero-order valence-electron chi connectivity index (χ0n) is 6.52. The van der Waals surface area contributed by atoms with Crippen LogP contribution in [0.1, 0.15) is 33.1 Å². The van der Waals surface area contributed by atoms with Gasteiger partial charge in [0.25, 0.3) is 0 Å². The van der Waals surface area contributed by atoms with Crippen molar-refractivity contribution in [1.29, 1.82) is 0 Å². The summed E-state index contributed by atoms with van der Waals surface area (Å²) in [5, 5.41) is 0. The van der Waals surface area contributed by atoms with Crippen molar-refractivity contribution in [2.45, 2.75) is 33.1 Å². The topological polar surface area (TPSA) is 26.3 Å². The third-order valence-electron chi connectivity index (χ3n) is 1.18. The Morgan fingerprint density at radius 1 is 1.60 bits per heavy atom. The minimum Gasteiger partial charge on any atom is -0.423 e. The highest BCUT2D eigenvalue weighted by molar-refractivity contribution is 5.40.